The topological polar surface area (TPSA) is 66.8 Å². The molecule has 0 aromatic heterocycles. The summed E-state index contributed by atoms with van der Waals surface area (Å²) in [5.41, 5.74) is 0. The van der Waals surface area contributed by atoms with E-state index >= 15 is 0 Å². The SMILES string of the molecule is O=C(O)CCCCCCCOCCO. The molecule has 0 aromatic rings. The van der Waals surface area contributed by atoms with Gasteiger partial charge in [0.2, 0.25) is 0 Å². The lowest BCUT2D eigenvalue weighted by atomic mass is 10.1. The van der Waals surface area contributed by atoms with Crippen molar-refractivity contribution in [2.24, 2.45) is 0 Å². The first-order chi connectivity index (χ1) is 6.77. The van der Waals surface area contributed by atoms with E-state index in [2.05, 4.69) is 0 Å². The molecule has 0 spiro atoms. The lowest BCUT2D eigenvalue weighted by Gasteiger charge is -2.01. The van der Waals surface area contributed by atoms with Gasteiger partial charge in [0.25, 0.3) is 0 Å². The number of carbonyl (C=O) groups is 1. The summed E-state index contributed by atoms with van der Waals surface area (Å²) in [6, 6.07) is 0. The summed E-state index contributed by atoms with van der Waals surface area (Å²) in [5, 5.41) is 16.8. The number of rotatable bonds is 10. The van der Waals surface area contributed by atoms with Crippen LogP contribution in [0.15, 0.2) is 0 Å². The van der Waals surface area contributed by atoms with E-state index in [4.69, 9.17) is 14.9 Å². The van der Waals surface area contributed by atoms with Crippen molar-refractivity contribution in [2.75, 3.05) is 19.8 Å². The van der Waals surface area contributed by atoms with Crippen molar-refractivity contribution >= 4 is 5.97 Å². The maximum Gasteiger partial charge on any atom is 0.303 e. The summed E-state index contributed by atoms with van der Waals surface area (Å²) >= 11 is 0. The third kappa shape index (κ3) is 11.4. The van der Waals surface area contributed by atoms with Gasteiger partial charge in [0.05, 0.1) is 13.2 Å². The van der Waals surface area contributed by atoms with Crippen LogP contribution in [0.2, 0.25) is 0 Å². The summed E-state index contributed by atoms with van der Waals surface area (Å²) in [6.07, 6.45) is 5.16. The van der Waals surface area contributed by atoms with Crippen molar-refractivity contribution in [3.63, 3.8) is 0 Å². The number of carboxylic acids is 1. The minimum absolute atomic E-state index is 0.0820. The predicted molar refractivity (Wildman–Crippen MR) is 53.2 cm³/mol. The Kier molecular flexibility index (Phi) is 10.0. The van der Waals surface area contributed by atoms with E-state index in [0.29, 0.717) is 13.2 Å². The average molecular weight is 204 g/mol. The van der Waals surface area contributed by atoms with E-state index in [0.717, 1.165) is 32.1 Å². The Bertz CT molecular complexity index is 136. The monoisotopic (exact) mass is 204 g/mol. The molecule has 0 saturated carbocycles. The van der Waals surface area contributed by atoms with Crippen LogP contribution in [0.1, 0.15) is 38.5 Å². The van der Waals surface area contributed by atoms with E-state index in [9.17, 15) is 4.79 Å². The van der Waals surface area contributed by atoms with E-state index in [1.807, 2.05) is 0 Å². The minimum Gasteiger partial charge on any atom is -0.481 e. The van der Waals surface area contributed by atoms with E-state index < -0.39 is 5.97 Å². The highest BCUT2D eigenvalue weighted by atomic mass is 16.5. The highest BCUT2D eigenvalue weighted by molar-refractivity contribution is 5.66. The molecule has 4 nitrogen and oxygen atoms in total. The molecule has 0 aliphatic carbocycles. The molecule has 0 aromatic carbocycles. The zero-order valence-electron chi connectivity index (χ0n) is 8.57. The third-order valence-electron chi connectivity index (χ3n) is 1.91. The fourth-order valence-electron chi connectivity index (χ4n) is 1.18. The van der Waals surface area contributed by atoms with E-state index in [1.165, 1.54) is 0 Å². The number of aliphatic hydroxyl groups is 1. The van der Waals surface area contributed by atoms with Gasteiger partial charge < -0.3 is 14.9 Å². The van der Waals surface area contributed by atoms with Crippen LogP contribution in [-0.4, -0.2) is 36.0 Å². The maximum atomic E-state index is 10.2. The van der Waals surface area contributed by atoms with Gasteiger partial charge in [-0.15, -0.1) is 0 Å². The van der Waals surface area contributed by atoms with Crippen molar-refractivity contribution in [2.45, 2.75) is 38.5 Å². The molecule has 84 valence electrons. The molecule has 0 unspecified atom stereocenters. The van der Waals surface area contributed by atoms with Crippen LogP contribution in [0.25, 0.3) is 0 Å². The molecule has 0 rings (SSSR count). The fourth-order valence-corrected chi connectivity index (χ4v) is 1.18. The molecule has 4 heteroatoms. The quantitative estimate of drug-likeness (QED) is 0.528. The molecular formula is C10H20O4. The van der Waals surface area contributed by atoms with Gasteiger partial charge in [-0.3, -0.25) is 4.79 Å². The first-order valence-electron chi connectivity index (χ1n) is 5.17. The number of unbranched alkanes of at least 4 members (excludes halogenated alkanes) is 4. The van der Waals surface area contributed by atoms with Crippen LogP contribution >= 0.6 is 0 Å². The molecule has 0 aliphatic heterocycles. The predicted octanol–water partition coefficient (Wildman–Crippen LogP) is 1.42. The zero-order chi connectivity index (χ0) is 10.6. The Morgan fingerprint density at radius 2 is 1.64 bits per heavy atom. The van der Waals surface area contributed by atoms with Gasteiger partial charge in [0.1, 0.15) is 0 Å². The Labute approximate surface area is 84.9 Å². The molecule has 14 heavy (non-hydrogen) atoms. The number of aliphatic carboxylic acids is 1. The van der Waals surface area contributed by atoms with Crippen LogP contribution in [0.5, 0.6) is 0 Å². The van der Waals surface area contributed by atoms with Gasteiger partial charge in [-0.05, 0) is 12.8 Å². The summed E-state index contributed by atoms with van der Waals surface area (Å²) < 4.78 is 5.08. The first-order valence-corrected chi connectivity index (χ1v) is 5.17. The number of hydrogen-bond acceptors (Lipinski definition) is 3. The largest absolute Gasteiger partial charge is 0.481 e. The van der Waals surface area contributed by atoms with E-state index in [1.54, 1.807) is 0 Å². The standard InChI is InChI=1S/C10H20O4/c11-7-9-14-8-5-3-1-2-4-6-10(12)13/h11H,1-9H2,(H,12,13). The summed E-state index contributed by atoms with van der Waals surface area (Å²) in [6.45, 7) is 1.19. The zero-order valence-corrected chi connectivity index (χ0v) is 8.57. The average Bonchev–Trinajstić information content (AvgIpc) is 2.15. The minimum atomic E-state index is -0.712. The van der Waals surface area contributed by atoms with Crippen molar-refractivity contribution < 1.29 is 19.7 Å². The van der Waals surface area contributed by atoms with Crippen molar-refractivity contribution in [3.8, 4) is 0 Å². The second-order valence-corrected chi connectivity index (χ2v) is 3.25. The van der Waals surface area contributed by atoms with Crippen molar-refractivity contribution in [3.05, 3.63) is 0 Å². The van der Waals surface area contributed by atoms with Gasteiger partial charge >= 0.3 is 5.97 Å². The number of ether oxygens (including phenoxy) is 1. The summed E-state index contributed by atoms with van der Waals surface area (Å²) in [5.74, 6) is -0.712. The van der Waals surface area contributed by atoms with Gasteiger partial charge in [-0.1, -0.05) is 19.3 Å². The highest BCUT2D eigenvalue weighted by Crippen LogP contribution is 2.05. The molecule has 0 radical (unpaired) electrons. The molecule has 0 bridgehead atoms. The summed E-state index contributed by atoms with van der Waals surface area (Å²) in [4.78, 5) is 10.2. The second-order valence-electron chi connectivity index (χ2n) is 3.25. The highest BCUT2D eigenvalue weighted by Gasteiger charge is 1.96. The molecule has 0 amide bonds. The Morgan fingerprint density at radius 1 is 1.00 bits per heavy atom. The van der Waals surface area contributed by atoms with Crippen LogP contribution in [-0.2, 0) is 9.53 Å². The lowest BCUT2D eigenvalue weighted by molar-refractivity contribution is -0.137. The van der Waals surface area contributed by atoms with Gasteiger partial charge in [0, 0.05) is 13.0 Å². The summed E-state index contributed by atoms with van der Waals surface area (Å²) in [7, 11) is 0. The molecule has 0 fully saturated rings. The molecular weight excluding hydrogens is 184 g/mol. The molecule has 0 heterocycles. The van der Waals surface area contributed by atoms with Crippen LogP contribution in [0.3, 0.4) is 0 Å². The van der Waals surface area contributed by atoms with Gasteiger partial charge in [-0.25, -0.2) is 0 Å². The number of carboxylic acid groups (broad SMARTS) is 1. The number of aliphatic hydroxyl groups excluding tert-OH is 1. The normalized spacial score (nSPS) is 10.4. The van der Waals surface area contributed by atoms with Crippen LogP contribution < -0.4 is 0 Å². The first kappa shape index (κ1) is 13.4. The van der Waals surface area contributed by atoms with Gasteiger partial charge in [0.15, 0.2) is 0 Å². The maximum absolute atomic E-state index is 10.2. The lowest BCUT2D eigenvalue weighted by Crippen LogP contribution is -2.00. The van der Waals surface area contributed by atoms with Crippen molar-refractivity contribution in [1.82, 2.24) is 0 Å². The molecule has 0 atom stereocenters. The Morgan fingerprint density at radius 3 is 2.29 bits per heavy atom. The Hall–Kier alpha value is -0.610. The smallest absolute Gasteiger partial charge is 0.303 e. The number of hydrogen-bond donors (Lipinski definition) is 2. The Balaban J connectivity index is 2.88. The fraction of sp³-hybridized carbons (Fsp3) is 0.900. The molecule has 0 aliphatic rings. The van der Waals surface area contributed by atoms with E-state index in [-0.39, 0.29) is 13.0 Å². The molecule has 0 saturated heterocycles. The van der Waals surface area contributed by atoms with Crippen LogP contribution in [0, 0.1) is 0 Å². The van der Waals surface area contributed by atoms with Crippen molar-refractivity contribution in [1.29, 1.82) is 0 Å². The van der Waals surface area contributed by atoms with Gasteiger partial charge in [-0.2, -0.15) is 0 Å². The second kappa shape index (κ2) is 10.5. The molecule has 2 N–H and O–H groups in total. The third-order valence-corrected chi connectivity index (χ3v) is 1.91. The van der Waals surface area contributed by atoms with Crippen LogP contribution in [0.4, 0.5) is 0 Å².